The molecule has 1 aromatic carbocycles. The van der Waals surface area contributed by atoms with Gasteiger partial charge >= 0.3 is 0 Å². The van der Waals surface area contributed by atoms with Crippen LogP contribution in [-0.2, 0) is 10.0 Å². The molecule has 0 aromatic heterocycles. The molecule has 0 unspecified atom stereocenters. The molecule has 0 heterocycles. The van der Waals surface area contributed by atoms with Gasteiger partial charge in [-0.25, -0.2) is 12.7 Å². The molecule has 1 rings (SSSR count). The zero-order valence-electron chi connectivity index (χ0n) is 11.7. The van der Waals surface area contributed by atoms with E-state index in [0.29, 0.717) is 11.4 Å². The molecule has 0 amide bonds. The molecule has 0 spiro atoms. The summed E-state index contributed by atoms with van der Waals surface area (Å²) in [6.45, 7) is 0.278. The Morgan fingerprint density at radius 3 is 2.15 bits per heavy atom. The molecule has 0 radical (unpaired) electrons. The van der Waals surface area contributed by atoms with Gasteiger partial charge in [-0.05, 0) is 18.2 Å². The van der Waals surface area contributed by atoms with Gasteiger partial charge in [0.1, 0.15) is 0 Å². The van der Waals surface area contributed by atoms with Crippen LogP contribution in [0.15, 0.2) is 23.1 Å². The molecular weight excluding hydrogens is 282 g/mol. The smallest absolute Gasteiger partial charge is 0.242 e. The first kappa shape index (κ1) is 16.7. The maximum atomic E-state index is 12.1. The van der Waals surface area contributed by atoms with Crippen molar-refractivity contribution in [1.29, 1.82) is 0 Å². The summed E-state index contributed by atoms with van der Waals surface area (Å²) in [5, 5.41) is 18.1. The summed E-state index contributed by atoms with van der Waals surface area (Å²) in [7, 11) is -0.655. The van der Waals surface area contributed by atoms with E-state index in [1.54, 1.807) is 4.90 Å². The van der Waals surface area contributed by atoms with E-state index in [1.165, 1.54) is 32.3 Å². The summed E-state index contributed by atoms with van der Waals surface area (Å²) < 4.78 is 25.3. The zero-order chi connectivity index (χ0) is 15.3. The molecule has 0 aliphatic rings. The molecule has 0 bridgehead atoms. The molecule has 0 saturated heterocycles. The van der Waals surface area contributed by atoms with Crippen LogP contribution in [-0.4, -0.2) is 63.3 Å². The second kappa shape index (κ2) is 6.89. The molecular formula is C12H21N3O4S. The Hall–Kier alpha value is -1.35. The topological polar surface area (TPSA) is 107 Å². The largest absolute Gasteiger partial charge is 0.397 e. The molecule has 114 valence electrons. The van der Waals surface area contributed by atoms with Gasteiger partial charge in [0.15, 0.2) is 0 Å². The number of hydrogen-bond acceptors (Lipinski definition) is 6. The Morgan fingerprint density at radius 1 is 1.15 bits per heavy atom. The predicted molar refractivity (Wildman–Crippen MR) is 78.1 cm³/mol. The van der Waals surface area contributed by atoms with E-state index in [4.69, 9.17) is 15.9 Å². The molecule has 8 heteroatoms. The standard InChI is InChI=1S/C12H21N3O4S/c1-14(2)20(18,19)10-3-4-11(13)12(9-10)15(5-7-16)6-8-17/h3-4,9,16-17H,5-8,13H2,1-2H3. The highest BCUT2D eigenvalue weighted by Gasteiger charge is 2.20. The summed E-state index contributed by atoms with van der Waals surface area (Å²) >= 11 is 0. The highest BCUT2D eigenvalue weighted by Crippen LogP contribution is 2.27. The summed E-state index contributed by atoms with van der Waals surface area (Å²) in [4.78, 5) is 1.76. The number of aliphatic hydroxyl groups is 2. The summed E-state index contributed by atoms with van der Waals surface area (Å²) in [6, 6.07) is 4.40. The van der Waals surface area contributed by atoms with Gasteiger partial charge in [-0.15, -0.1) is 0 Å². The summed E-state index contributed by atoms with van der Waals surface area (Å²) in [5.74, 6) is 0. The maximum absolute atomic E-state index is 12.1. The first-order valence-corrected chi connectivity index (χ1v) is 7.57. The molecule has 7 nitrogen and oxygen atoms in total. The van der Waals surface area contributed by atoms with Crippen molar-refractivity contribution in [3.05, 3.63) is 18.2 Å². The van der Waals surface area contributed by atoms with Gasteiger partial charge in [0.25, 0.3) is 0 Å². The van der Waals surface area contributed by atoms with Crippen molar-refractivity contribution < 1.29 is 18.6 Å². The van der Waals surface area contributed by atoms with Crippen molar-refractivity contribution in [2.45, 2.75) is 4.90 Å². The fraction of sp³-hybridized carbons (Fsp3) is 0.500. The lowest BCUT2D eigenvalue weighted by Crippen LogP contribution is -2.31. The fourth-order valence-corrected chi connectivity index (χ4v) is 2.68. The second-order valence-electron chi connectivity index (χ2n) is 4.44. The number of sulfonamides is 1. The first-order chi connectivity index (χ1) is 9.34. The monoisotopic (exact) mass is 303 g/mol. The van der Waals surface area contributed by atoms with Crippen molar-refractivity contribution in [2.75, 3.05) is 51.0 Å². The maximum Gasteiger partial charge on any atom is 0.242 e. The number of anilines is 2. The summed E-state index contributed by atoms with van der Waals surface area (Å²) in [5.41, 5.74) is 6.73. The van der Waals surface area contributed by atoms with Gasteiger partial charge in [0.2, 0.25) is 10.0 Å². The van der Waals surface area contributed by atoms with Crippen LogP contribution in [0.25, 0.3) is 0 Å². The highest BCUT2D eigenvalue weighted by molar-refractivity contribution is 7.89. The normalized spacial score (nSPS) is 11.8. The van der Waals surface area contributed by atoms with Gasteiger partial charge in [-0.1, -0.05) is 0 Å². The third-order valence-corrected chi connectivity index (χ3v) is 4.67. The molecule has 0 fully saturated rings. The van der Waals surface area contributed by atoms with Crippen LogP contribution in [0, 0.1) is 0 Å². The molecule has 4 N–H and O–H groups in total. The average Bonchev–Trinajstić information content (AvgIpc) is 2.38. The van der Waals surface area contributed by atoms with Crippen molar-refractivity contribution in [1.82, 2.24) is 4.31 Å². The van der Waals surface area contributed by atoms with Crippen LogP contribution in [0.4, 0.5) is 11.4 Å². The molecule has 1 aromatic rings. The lowest BCUT2D eigenvalue weighted by Gasteiger charge is -2.25. The number of benzene rings is 1. The fourth-order valence-electron chi connectivity index (χ4n) is 1.76. The van der Waals surface area contributed by atoms with Crippen molar-refractivity contribution >= 4 is 21.4 Å². The highest BCUT2D eigenvalue weighted by atomic mass is 32.2. The Balaban J connectivity index is 3.27. The average molecular weight is 303 g/mol. The zero-order valence-corrected chi connectivity index (χ0v) is 12.5. The van der Waals surface area contributed by atoms with Crippen molar-refractivity contribution in [2.24, 2.45) is 0 Å². The summed E-state index contributed by atoms with van der Waals surface area (Å²) in [6.07, 6.45) is 0. The van der Waals surface area contributed by atoms with Crippen molar-refractivity contribution in [3.8, 4) is 0 Å². The van der Waals surface area contributed by atoms with E-state index in [9.17, 15) is 8.42 Å². The van der Waals surface area contributed by atoms with E-state index < -0.39 is 10.0 Å². The quantitative estimate of drug-likeness (QED) is 0.576. The predicted octanol–water partition coefficient (Wildman–Crippen LogP) is -0.690. The number of nitrogen functional groups attached to an aromatic ring is 1. The van der Waals surface area contributed by atoms with Gasteiger partial charge in [0, 0.05) is 27.2 Å². The van der Waals surface area contributed by atoms with E-state index in [-0.39, 0.29) is 31.2 Å². The lowest BCUT2D eigenvalue weighted by atomic mass is 10.2. The van der Waals surface area contributed by atoms with Crippen LogP contribution >= 0.6 is 0 Å². The Morgan fingerprint density at radius 2 is 1.70 bits per heavy atom. The molecule has 0 atom stereocenters. The molecule has 20 heavy (non-hydrogen) atoms. The van der Waals surface area contributed by atoms with Crippen LogP contribution < -0.4 is 10.6 Å². The minimum Gasteiger partial charge on any atom is -0.397 e. The van der Waals surface area contributed by atoms with Gasteiger partial charge in [0.05, 0.1) is 29.5 Å². The minimum absolute atomic E-state index is 0.118. The van der Waals surface area contributed by atoms with Crippen LogP contribution in [0.1, 0.15) is 0 Å². The lowest BCUT2D eigenvalue weighted by molar-refractivity contribution is 0.281. The third-order valence-electron chi connectivity index (χ3n) is 2.86. The Kier molecular flexibility index (Phi) is 5.75. The van der Waals surface area contributed by atoms with Gasteiger partial charge < -0.3 is 20.8 Å². The molecule has 0 saturated carbocycles. The second-order valence-corrected chi connectivity index (χ2v) is 6.59. The van der Waals surface area contributed by atoms with Crippen LogP contribution in [0.3, 0.4) is 0 Å². The number of nitrogens with zero attached hydrogens (tertiary/aromatic N) is 2. The van der Waals surface area contributed by atoms with Crippen LogP contribution in [0.2, 0.25) is 0 Å². The van der Waals surface area contributed by atoms with E-state index in [0.717, 1.165) is 4.31 Å². The van der Waals surface area contributed by atoms with Crippen LogP contribution in [0.5, 0.6) is 0 Å². The van der Waals surface area contributed by atoms with Crippen molar-refractivity contribution in [3.63, 3.8) is 0 Å². The molecule has 0 aliphatic heterocycles. The first-order valence-electron chi connectivity index (χ1n) is 6.13. The Bertz CT molecular complexity index is 540. The minimum atomic E-state index is -3.55. The van der Waals surface area contributed by atoms with E-state index >= 15 is 0 Å². The SMILES string of the molecule is CN(C)S(=O)(=O)c1ccc(N)c(N(CCO)CCO)c1. The number of nitrogens with two attached hydrogens (primary N) is 1. The van der Waals surface area contributed by atoms with E-state index in [1.807, 2.05) is 0 Å². The number of aliphatic hydroxyl groups excluding tert-OH is 2. The van der Waals surface area contributed by atoms with Gasteiger partial charge in [-0.2, -0.15) is 0 Å². The number of hydrogen-bond donors (Lipinski definition) is 3. The molecule has 0 aliphatic carbocycles. The number of rotatable bonds is 7. The van der Waals surface area contributed by atoms with E-state index in [2.05, 4.69) is 0 Å². The van der Waals surface area contributed by atoms with Gasteiger partial charge in [-0.3, -0.25) is 0 Å². The Labute approximate surface area is 119 Å². The third kappa shape index (κ3) is 3.60.